The van der Waals surface area contributed by atoms with Crippen LogP contribution < -0.4 is 0 Å². The number of nitrogens with one attached hydrogen (secondary N) is 1. The van der Waals surface area contributed by atoms with Crippen LogP contribution in [0.4, 0.5) is 0 Å². The van der Waals surface area contributed by atoms with Crippen LogP contribution in [0.3, 0.4) is 0 Å². The van der Waals surface area contributed by atoms with Gasteiger partial charge in [0.2, 0.25) is 10.0 Å². The topological polar surface area (TPSA) is 126 Å². The zero-order chi connectivity index (χ0) is 25.0. The standard InChI is InChI=1S/C23H29N3O7S/c1-5-32-22(28)19-15(2)20(24-16(19)3)23(29)33-17(4)21(27)25-11-13-26(14-12-25)34(30,31)18-9-7-6-8-10-18/h6-10,17,24H,5,11-14H2,1-4H3. The van der Waals surface area contributed by atoms with Crippen LogP contribution in [0.1, 0.15) is 46.0 Å². The maximum atomic E-state index is 12.8. The van der Waals surface area contributed by atoms with Gasteiger partial charge in [0.05, 0.1) is 17.1 Å². The first kappa shape index (κ1) is 25.4. The maximum Gasteiger partial charge on any atom is 0.355 e. The van der Waals surface area contributed by atoms with Gasteiger partial charge in [-0.3, -0.25) is 4.79 Å². The molecule has 1 saturated heterocycles. The van der Waals surface area contributed by atoms with Crippen LogP contribution in [0.15, 0.2) is 35.2 Å². The number of esters is 2. The molecule has 1 aliphatic heterocycles. The van der Waals surface area contributed by atoms with Gasteiger partial charge < -0.3 is 19.4 Å². The number of amides is 1. The molecule has 1 N–H and O–H groups in total. The molecule has 1 aromatic heterocycles. The van der Waals surface area contributed by atoms with Crippen LogP contribution in [-0.4, -0.2) is 79.3 Å². The van der Waals surface area contributed by atoms with Crippen molar-refractivity contribution in [2.75, 3.05) is 32.8 Å². The minimum Gasteiger partial charge on any atom is -0.462 e. The average molecular weight is 492 g/mol. The Morgan fingerprint density at radius 1 is 1.03 bits per heavy atom. The Morgan fingerprint density at radius 3 is 2.24 bits per heavy atom. The molecule has 3 rings (SSSR count). The number of benzene rings is 1. The van der Waals surface area contributed by atoms with E-state index >= 15 is 0 Å². The van der Waals surface area contributed by atoms with Crippen molar-refractivity contribution >= 4 is 27.9 Å². The van der Waals surface area contributed by atoms with Gasteiger partial charge in [-0.15, -0.1) is 0 Å². The Morgan fingerprint density at radius 2 is 1.65 bits per heavy atom. The number of ether oxygens (including phenoxy) is 2. The SMILES string of the molecule is CCOC(=O)c1c(C)[nH]c(C(=O)OC(C)C(=O)N2CCN(S(=O)(=O)c3ccccc3)CC2)c1C. The second-order valence-corrected chi connectivity index (χ2v) is 9.87. The molecular formula is C23H29N3O7S. The molecule has 2 heterocycles. The average Bonchev–Trinajstić information content (AvgIpc) is 3.13. The first-order chi connectivity index (χ1) is 16.1. The number of nitrogens with zero attached hydrogens (tertiary/aromatic N) is 2. The normalized spacial score (nSPS) is 15.6. The van der Waals surface area contributed by atoms with Gasteiger partial charge in [-0.2, -0.15) is 4.31 Å². The third kappa shape index (κ3) is 5.15. The summed E-state index contributed by atoms with van der Waals surface area (Å²) < 4.78 is 37.3. The molecule has 0 spiro atoms. The van der Waals surface area contributed by atoms with E-state index in [4.69, 9.17) is 9.47 Å². The van der Waals surface area contributed by atoms with Crippen molar-refractivity contribution in [3.63, 3.8) is 0 Å². The predicted octanol–water partition coefficient (Wildman–Crippen LogP) is 1.89. The van der Waals surface area contributed by atoms with E-state index in [0.717, 1.165) is 0 Å². The van der Waals surface area contributed by atoms with Gasteiger partial charge in [-0.05, 0) is 45.4 Å². The van der Waals surface area contributed by atoms with E-state index in [1.54, 1.807) is 39.0 Å². The minimum atomic E-state index is -3.64. The van der Waals surface area contributed by atoms with E-state index in [-0.39, 0.29) is 48.9 Å². The Kier molecular flexibility index (Phi) is 7.78. The molecule has 1 atom stereocenters. The highest BCUT2D eigenvalue weighted by Gasteiger charge is 2.33. The van der Waals surface area contributed by atoms with E-state index in [1.165, 1.54) is 28.3 Å². The van der Waals surface area contributed by atoms with Crippen molar-refractivity contribution in [1.82, 2.24) is 14.2 Å². The van der Waals surface area contributed by atoms with Crippen molar-refractivity contribution in [1.29, 1.82) is 0 Å². The predicted molar refractivity (Wildman–Crippen MR) is 123 cm³/mol. The van der Waals surface area contributed by atoms with Crippen LogP contribution in [-0.2, 0) is 24.3 Å². The van der Waals surface area contributed by atoms with E-state index in [0.29, 0.717) is 11.3 Å². The number of carbonyl (C=O) groups is 3. The number of piperazine rings is 1. The molecule has 0 radical (unpaired) electrons. The summed E-state index contributed by atoms with van der Waals surface area (Å²) in [7, 11) is -3.64. The molecule has 0 aliphatic carbocycles. The minimum absolute atomic E-state index is 0.0824. The highest BCUT2D eigenvalue weighted by atomic mass is 32.2. The first-order valence-electron chi connectivity index (χ1n) is 11.0. The number of aromatic nitrogens is 1. The van der Waals surface area contributed by atoms with E-state index in [2.05, 4.69) is 4.98 Å². The first-order valence-corrected chi connectivity index (χ1v) is 12.4. The van der Waals surface area contributed by atoms with Crippen LogP contribution in [0.2, 0.25) is 0 Å². The summed E-state index contributed by atoms with van der Waals surface area (Å²) in [6.45, 7) is 7.25. The quantitative estimate of drug-likeness (QED) is 0.586. The summed E-state index contributed by atoms with van der Waals surface area (Å²) >= 11 is 0. The number of sulfonamides is 1. The largest absolute Gasteiger partial charge is 0.462 e. The summed E-state index contributed by atoms with van der Waals surface area (Å²) in [5.41, 5.74) is 1.21. The van der Waals surface area contributed by atoms with Crippen LogP contribution in [0.25, 0.3) is 0 Å². The number of H-pyrrole nitrogens is 1. The Bertz CT molecular complexity index is 1170. The molecule has 0 bridgehead atoms. The van der Waals surface area contributed by atoms with Gasteiger partial charge in [0.25, 0.3) is 5.91 Å². The maximum absolute atomic E-state index is 12.8. The molecule has 10 nitrogen and oxygen atoms in total. The zero-order valence-corrected chi connectivity index (χ0v) is 20.5. The second kappa shape index (κ2) is 10.4. The summed E-state index contributed by atoms with van der Waals surface area (Å²) in [5, 5.41) is 0. The number of aromatic amines is 1. The lowest BCUT2D eigenvalue weighted by atomic mass is 10.1. The molecule has 1 unspecified atom stereocenters. The molecule has 1 aliphatic rings. The molecule has 1 aromatic carbocycles. The van der Waals surface area contributed by atoms with Crippen molar-refractivity contribution in [2.45, 2.75) is 38.7 Å². The third-order valence-corrected chi connectivity index (χ3v) is 7.60. The molecule has 11 heteroatoms. The van der Waals surface area contributed by atoms with E-state index in [9.17, 15) is 22.8 Å². The molecule has 34 heavy (non-hydrogen) atoms. The zero-order valence-electron chi connectivity index (χ0n) is 19.7. The molecular weight excluding hydrogens is 462 g/mol. The number of hydrogen-bond donors (Lipinski definition) is 1. The lowest BCUT2D eigenvalue weighted by Gasteiger charge is -2.35. The fraction of sp³-hybridized carbons (Fsp3) is 0.435. The van der Waals surface area contributed by atoms with Gasteiger partial charge in [-0.1, -0.05) is 18.2 Å². The molecule has 184 valence electrons. The van der Waals surface area contributed by atoms with Crippen molar-refractivity contribution in [3.05, 3.63) is 52.8 Å². The van der Waals surface area contributed by atoms with Crippen molar-refractivity contribution < 1.29 is 32.3 Å². The number of aryl methyl sites for hydroxylation is 1. The van der Waals surface area contributed by atoms with Gasteiger partial charge >= 0.3 is 11.9 Å². The molecule has 0 saturated carbocycles. The second-order valence-electron chi connectivity index (χ2n) is 7.94. The highest BCUT2D eigenvalue weighted by molar-refractivity contribution is 7.89. The molecule has 1 fully saturated rings. The Balaban J connectivity index is 1.61. The Labute approximate surface area is 198 Å². The molecule has 2 aromatic rings. The van der Waals surface area contributed by atoms with Gasteiger partial charge in [-0.25, -0.2) is 18.0 Å². The van der Waals surface area contributed by atoms with Gasteiger partial charge in [0.15, 0.2) is 6.10 Å². The fourth-order valence-corrected chi connectivity index (χ4v) is 5.32. The fourth-order valence-electron chi connectivity index (χ4n) is 3.88. The van der Waals surface area contributed by atoms with Crippen molar-refractivity contribution in [3.8, 4) is 0 Å². The van der Waals surface area contributed by atoms with Gasteiger partial charge in [0, 0.05) is 31.9 Å². The highest BCUT2D eigenvalue weighted by Crippen LogP contribution is 2.21. The monoisotopic (exact) mass is 491 g/mol. The molecule has 1 amide bonds. The van der Waals surface area contributed by atoms with E-state index in [1.807, 2.05) is 0 Å². The number of hydrogen-bond acceptors (Lipinski definition) is 7. The summed E-state index contributed by atoms with van der Waals surface area (Å²) in [6.07, 6.45) is -1.08. The lowest BCUT2D eigenvalue weighted by Crippen LogP contribution is -2.52. The summed E-state index contributed by atoms with van der Waals surface area (Å²) in [5.74, 6) is -1.72. The summed E-state index contributed by atoms with van der Waals surface area (Å²) in [6, 6.07) is 8.13. The van der Waals surface area contributed by atoms with Crippen LogP contribution in [0.5, 0.6) is 0 Å². The summed E-state index contributed by atoms with van der Waals surface area (Å²) in [4.78, 5) is 42.2. The Hall–Kier alpha value is -3.18. The van der Waals surface area contributed by atoms with Crippen molar-refractivity contribution in [2.24, 2.45) is 0 Å². The van der Waals surface area contributed by atoms with Crippen LogP contribution in [0, 0.1) is 13.8 Å². The third-order valence-electron chi connectivity index (χ3n) is 5.68. The smallest absolute Gasteiger partial charge is 0.355 e. The number of rotatable bonds is 7. The van der Waals surface area contributed by atoms with Crippen LogP contribution >= 0.6 is 0 Å². The van der Waals surface area contributed by atoms with Gasteiger partial charge in [0.1, 0.15) is 5.69 Å². The van der Waals surface area contributed by atoms with E-state index < -0.39 is 34.0 Å². The lowest BCUT2D eigenvalue weighted by molar-refractivity contribution is -0.141. The number of carbonyl (C=O) groups excluding carboxylic acids is 3.